The Balaban J connectivity index is 1.61. The van der Waals surface area contributed by atoms with E-state index in [1.807, 2.05) is 42.5 Å². The number of carboxylic acids is 1. The van der Waals surface area contributed by atoms with Gasteiger partial charge in [0.05, 0.1) is 5.69 Å². The molecule has 1 aromatic carbocycles. The van der Waals surface area contributed by atoms with Gasteiger partial charge in [-0.15, -0.1) is 0 Å². The normalized spacial score (nSPS) is 10.4. The monoisotopic (exact) mass is 334 g/mol. The van der Waals surface area contributed by atoms with Crippen molar-refractivity contribution in [3.63, 3.8) is 0 Å². The second-order valence-corrected chi connectivity index (χ2v) is 5.57. The number of aliphatic carboxylic acids is 1. The van der Waals surface area contributed by atoms with Gasteiger partial charge in [0.15, 0.2) is 0 Å². The minimum Gasteiger partial charge on any atom is -0.481 e. The maximum absolute atomic E-state index is 10.6. The molecular formula is C19H18N4O2. The van der Waals surface area contributed by atoms with Gasteiger partial charge in [-0.05, 0) is 35.7 Å². The lowest BCUT2D eigenvalue weighted by Gasteiger charge is -2.07. The molecule has 0 aliphatic rings. The number of aromatic nitrogens is 3. The highest BCUT2D eigenvalue weighted by atomic mass is 16.4. The Morgan fingerprint density at radius 3 is 2.56 bits per heavy atom. The predicted molar refractivity (Wildman–Crippen MR) is 95.0 cm³/mol. The second-order valence-electron chi connectivity index (χ2n) is 5.57. The van der Waals surface area contributed by atoms with Crippen LogP contribution in [0.1, 0.15) is 17.5 Å². The molecule has 3 rings (SSSR count). The van der Waals surface area contributed by atoms with Gasteiger partial charge in [0.1, 0.15) is 0 Å². The van der Waals surface area contributed by atoms with Gasteiger partial charge in [0.2, 0.25) is 5.95 Å². The van der Waals surface area contributed by atoms with Crippen molar-refractivity contribution in [2.45, 2.75) is 19.4 Å². The van der Waals surface area contributed by atoms with Gasteiger partial charge in [-0.1, -0.05) is 24.3 Å². The minimum atomic E-state index is -0.781. The average molecular weight is 334 g/mol. The Hall–Kier alpha value is -3.28. The van der Waals surface area contributed by atoms with Crippen LogP contribution in [-0.4, -0.2) is 26.0 Å². The maximum Gasteiger partial charge on any atom is 0.303 e. The third kappa shape index (κ3) is 4.84. The zero-order valence-electron chi connectivity index (χ0n) is 13.6. The summed E-state index contributed by atoms with van der Waals surface area (Å²) in [5.74, 6) is -0.229. The first-order valence-corrected chi connectivity index (χ1v) is 7.97. The molecule has 0 aliphatic heterocycles. The number of nitrogens with zero attached hydrogens (tertiary/aromatic N) is 3. The summed E-state index contributed by atoms with van der Waals surface area (Å²) in [4.78, 5) is 23.4. The van der Waals surface area contributed by atoms with Crippen molar-refractivity contribution >= 4 is 11.9 Å². The third-order valence-electron chi connectivity index (χ3n) is 3.71. The lowest BCUT2D eigenvalue weighted by molar-refractivity contribution is -0.136. The van der Waals surface area contributed by atoms with E-state index in [0.717, 1.165) is 22.4 Å². The van der Waals surface area contributed by atoms with E-state index in [9.17, 15) is 4.79 Å². The van der Waals surface area contributed by atoms with Crippen LogP contribution >= 0.6 is 0 Å². The van der Waals surface area contributed by atoms with Crippen LogP contribution in [0.4, 0.5) is 5.95 Å². The van der Waals surface area contributed by atoms with Crippen LogP contribution in [0.25, 0.3) is 11.3 Å². The number of aryl methyl sites for hydroxylation is 1. The molecule has 0 fully saturated rings. The molecule has 2 N–H and O–H groups in total. The predicted octanol–water partition coefficient (Wildman–Crippen LogP) is 3.17. The summed E-state index contributed by atoms with van der Waals surface area (Å²) in [6.45, 7) is 0.593. The van der Waals surface area contributed by atoms with Crippen LogP contribution in [0.5, 0.6) is 0 Å². The summed E-state index contributed by atoms with van der Waals surface area (Å²) >= 11 is 0. The molecule has 0 spiro atoms. The Kier molecular flexibility index (Phi) is 5.31. The number of hydrogen-bond acceptors (Lipinski definition) is 5. The van der Waals surface area contributed by atoms with Gasteiger partial charge in [-0.3, -0.25) is 9.78 Å². The Morgan fingerprint density at radius 2 is 1.84 bits per heavy atom. The number of benzene rings is 1. The van der Waals surface area contributed by atoms with Crippen LogP contribution in [0.15, 0.2) is 61.1 Å². The SMILES string of the molecule is O=C(O)CCc1ccc(CNc2nccc(-c3cccnc3)n2)cc1. The van der Waals surface area contributed by atoms with Crippen molar-refractivity contribution in [3.05, 3.63) is 72.2 Å². The Bertz CT molecular complexity index is 836. The molecule has 0 amide bonds. The van der Waals surface area contributed by atoms with Crippen molar-refractivity contribution in [1.29, 1.82) is 0 Å². The summed E-state index contributed by atoms with van der Waals surface area (Å²) in [6.07, 6.45) is 5.89. The van der Waals surface area contributed by atoms with Gasteiger partial charge in [-0.25, -0.2) is 9.97 Å². The number of pyridine rings is 1. The van der Waals surface area contributed by atoms with E-state index in [1.165, 1.54) is 0 Å². The van der Waals surface area contributed by atoms with Crippen LogP contribution in [0.3, 0.4) is 0 Å². The molecule has 0 bridgehead atoms. The molecular weight excluding hydrogens is 316 g/mol. The molecule has 3 aromatic rings. The van der Waals surface area contributed by atoms with Crippen LogP contribution < -0.4 is 5.32 Å². The quantitative estimate of drug-likeness (QED) is 0.690. The number of carboxylic acid groups (broad SMARTS) is 1. The van der Waals surface area contributed by atoms with E-state index >= 15 is 0 Å². The number of anilines is 1. The van der Waals surface area contributed by atoms with Crippen LogP contribution in [-0.2, 0) is 17.8 Å². The summed E-state index contributed by atoms with van der Waals surface area (Å²) in [5.41, 5.74) is 3.85. The van der Waals surface area contributed by atoms with Gasteiger partial charge in [0, 0.05) is 37.1 Å². The summed E-state index contributed by atoms with van der Waals surface area (Å²) in [5, 5.41) is 11.9. The molecule has 0 atom stereocenters. The van der Waals surface area contributed by atoms with E-state index in [2.05, 4.69) is 20.3 Å². The second kappa shape index (κ2) is 8.01. The highest BCUT2D eigenvalue weighted by Crippen LogP contribution is 2.16. The molecule has 0 aliphatic carbocycles. The van der Waals surface area contributed by atoms with Crippen molar-refractivity contribution in [2.75, 3.05) is 5.32 Å². The number of nitrogens with one attached hydrogen (secondary N) is 1. The molecule has 0 saturated carbocycles. The third-order valence-corrected chi connectivity index (χ3v) is 3.71. The van der Waals surface area contributed by atoms with Gasteiger partial charge < -0.3 is 10.4 Å². The molecule has 0 saturated heterocycles. The molecule has 6 heteroatoms. The van der Waals surface area contributed by atoms with Crippen molar-refractivity contribution < 1.29 is 9.90 Å². The standard InChI is InChI=1S/C19H18N4O2/c24-18(25)8-7-14-3-5-15(6-4-14)12-22-19-21-11-9-17(23-19)16-2-1-10-20-13-16/h1-6,9-11,13H,7-8,12H2,(H,24,25)(H,21,22,23). The molecule has 0 radical (unpaired) electrons. The molecule has 6 nitrogen and oxygen atoms in total. The fourth-order valence-electron chi connectivity index (χ4n) is 2.38. The Morgan fingerprint density at radius 1 is 1.04 bits per heavy atom. The molecule has 0 unspecified atom stereocenters. The van der Waals surface area contributed by atoms with Crippen molar-refractivity contribution in [1.82, 2.24) is 15.0 Å². The van der Waals surface area contributed by atoms with Crippen LogP contribution in [0, 0.1) is 0 Å². The van der Waals surface area contributed by atoms with E-state index in [4.69, 9.17) is 5.11 Å². The molecule has 126 valence electrons. The maximum atomic E-state index is 10.6. The smallest absolute Gasteiger partial charge is 0.303 e. The first kappa shape index (κ1) is 16.6. The highest BCUT2D eigenvalue weighted by molar-refractivity contribution is 5.67. The Labute approximate surface area is 145 Å². The largest absolute Gasteiger partial charge is 0.481 e. The first-order chi connectivity index (χ1) is 12.2. The molecule has 25 heavy (non-hydrogen) atoms. The zero-order chi connectivity index (χ0) is 17.5. The molecule has 2 aromatic heterocycles. The fourth-order valence-corrected chi connectivity index (χ4v) is 2.38. The van der Waals surface area contributed by atoms with Crippen molar-refractivity contribution in [2.24, 2.45) is 0 Å². The van der Waals surface area contributed by atoms with E-state index in [-0.39, 0.29) is 6.42 Å². The number of carbonyl (C=O) groups is 1. The van der Waals surface area contributed by atoms with E-state index in [1.54, 1.807) is 18.6 Å². The minimum absolute atomic E-state index is 0.145. The summed E-state index contributed by atoms with van der Waals surface area (Å²) in [7, 11) is 0. The van der Waals surface area contributed by atoms with E-state index in [0.29, 0.717) is 18.9 Å². The lowest BCUT2D eigenvalue weighted by Crippen LogP contribution is -2.04. The number of hydrogen-bond donors (Lipinski definition) is 2. The highest BCUT2D eigenvalue weighted by Gasteiger charge is 2.03. The molecule has 2 heterocycles. The van der Waals surface area contributed by atoms with Crippen molar-refractivity contribution in [3.8, 4) is 11.3 Å². The first-order valence-electron chi connectivity index (χ1n) is 7.97. The van der Waals surface area contributed by atoms with Gasteiger partial charge in [0.25, 0.3) is 0 Å². The van der Waals surface area contributed by atoms with Gasteiger partial charge in [-0.2, -0.15) is 0 Å². The van der Waals surface area contributed by atoms with Crippen LogP contribution in [0.2, 0.25) is 0 Å². The zero-order valence-corrected chi connectivity index (χ0v) is 13.6. The average Bonchev–Trinajstić information content (AvgIpc) is 2.66. The van der Waals surface area contributed by atoms with Gasteiger partial charge >= 0.3 is 5.97 Å². The topological polar surface area (TPSA) is 88.0 Å². The van der Waals surface area contributed by atoms with E-state index < -0.39 is 5.97 Å². The lowest BCUT2D eigenvalue weighted by atomic mass is 10.1. The summed E-state index contributed by atoms with van der Waals surface area (Å²) in [6, 6.07) is 13.5. The number of rotatable bonds is 7. The summed E-state index contributed by atoms with van der Waals surface area (Å²) < 4.78 is 0. The fraction of sp³-hybridized carbons (Fsp3) is 0.158.